The van der Waals surface area contributed by atoms with Crippen molar-refractivity contribution in [3.63, 3.8) is 0 Å². The lowest BCUT2D eigenvalue weighted by molar-refractivity contribution is -0.126. The molecule has 3 atom stereocenters. The maximum atomic E-state index is 13.2. The van der Waals surface area contributed by atoms with Gasteiger partial charge in [0.2, 0.25) is 5.91 Å². The number of para-hydroxylation sites is 1. The number of hydrogen-bond donors (Lipinski definition) is 0. The summed E-state index contributed by atoms with van der Waals surface area (Å²) < 4.78 is 0. The van der Waals surface area contributed by atoms with Crippen molar-refractivity contribution < 1.29 is 14.4 Å². The van der Waals surface area contributed by atoms with E-state index in [1.165, 1.54) is 11.0 Å². The van der Waals surface area contributed by atoms with Gasteiger partial charge in [0, 0.05) is 0 Å². The molecule has 2 aliphatic heterocycles. The molecule has 0 N–H and O–H groups in total. The van der Waals surface area contributed by atoms with Gasteiger partial charge in [0.15, 0.2) is 6.10 Å². The molecule has 2 aromatic carbocycles. The normalized spacial score (nSPS) is 24.6. The number of hydrogen-bond acceptors (Lipinski definition) is 4. The van der Waals surface area contributed by atoms with Gasteiger partial charge in [-0.1, -0.05) is 54.7 Å². The number of fused-ring (bicyclic) bond motifs is 1. The van der Waals surface area contributed by atoms with Crippen LogP contribution < -0.4 is 9.96 Å². The van der Waals surface area contributed by atoms with E-state index in [9.17, 15) is 9.59 Å². The number of halogens is 2. The number of imide groups is 1. The summed E-state index contributed by atoms with van der Waals surface area (Å²) in [6, 6.07) is 14.1. The van der Waals surface area contributed by atoms with Gasteiger partial charge in [0.05, 0.1) is 33.4 Å². The standard InChI is InChI=1S/C20H18Cl2N2O3/c1-2-6-16-17-18(27-24(16)12-7-4-3-5-8-12)20(26)23(19(17)25)13-9-10-14(21)15(22)11-13/h3-5,7-11,16-18H,2,6H2,1H3/t16-,17+,18-/m1/s1. The molecule has 0 aliphatic carbocycles. The van der Waals surface area contributed by atoms with E-state index in [-0.39, 0.29) is 17.9 Å². The number of hydroxylamine groups is 1. The number of carbonyl (C=O) groups is 2. The molecule has 0 unspecified atom stereocenters. The smallest absolute Gasteiger partial charge is 0.266 e. The summed E-state index contributed by atoms with van der Waals surface area (Å²) in [4.78, 5) is 33.3. The van der Waals surface area contributed by atoms with Crippen LogP contribution in [0.5, 0.6) is 0 Å². The van der Waals surface area contributed by atoms with Crippen molar-refractivity contribution in [2.24, 2.45) is 5.92 Å². The van der Waals surface area contributed by atoms with Crippen molar-refractivity contribution in [2.75, 3.05) is 9.96 Å². The molecule has 0 bridgehead atoms. The molecule has 2 saturated heterocycles. The molecule has 0 aromatic heterocycles. The van der Waals surface area contributed by atoms with Gasteiger partial charge in [-0.15, -0.1) is 0 Å². The fraction of sp³-hybridized carbons (Fsp3) is 0.300. The first kappa shape index (κ1) is 18.3. The molecule has 0 spiro atoms. The second-order valence-electron chi connectivity index (χ2n) is 6.68. The number of amides is 2. The zero-order chi connectivity index (χ0) is 19.1. The number of anilines is 2. The number of rotatable bonds is 4. The Morgan fingerprint density at radius 2 is 1.70 bits per heavy atom. The molecular weight excluding hydrogens is 387 g/mol. The van der Waals surface area contributed by atoms with Gasteiger partial charge < -0.3 is 0 Å². The molecule has 2 aromatic rings. The third kappa shape index (κ3) is 3.00. The lowest BCUT2D eigenvalue weighted by Crippen LogP contribution is -2.40. The molecule has 7 heteroatoms. The van der Waals surface area contributed by atoms with E-state index in [1.54, 1.807) is 17.2 Å². The summed E-state index contributed by atoms with van der Waals surface area (Å²) in [5.41, 5.74) is 1.26. The van der Waals surface area contributed by atoms with Crippen molar-refractivity contribution in [3.8, 4) is 0 Å². The predicted molar refractivity (Wildman–Crippen MR) is 105 cm³/mol. The van der Waals surface area contributed by atoms with Crippen LogP contribution in [0.15, 0.2) is 48.5 Å². The Morgan fingerprint density at radius 1 is 0.963 bits per heavy atom. The van der Waals surface area contributed by atoms with Gasteiger partial charge in [-0.25, -0.2) is 9.96 Å². The predicted octanol–water partition coefficient (Wildman–Crippen LogP) is 4.47. The fourth-order valence-corrected chi connectivity index (χ4v) is 4.08. The van der Waals surface area contributed by atoms with E-state index in [0.717, 1.165) is 18.5 Å². The largest absolute Gasteiger partial charge is 0.273 e. The maximum Gasteiger partial charge on any atom is 0.266 e. The molecule has 2 heterocycles. The summed E-state index contributed by atoms with van der Waals surface area (Å²) in [7, 11) is 0. The molecule has 2 amide bonds. The maximum absolute atomic E-state index is 13.2. The van der Waals surface area contributed by atoms with Crippen LogP contribution in [0.1, 0.15) is 19.8 Å². The highest BCUT2D eigenvalue weighted by atomic mass is 35.5. The highest BCUT2D eigenvalue weighted by molar-refractivity contribution is 6.42. The van der Waals surface area contributed by atoms with Gasteiger partial charge in [0.25, 0.3) is 5.91 Å². The van der Waals surface area contributed by atoms with E-state index in [1.807, 2.05) is 30.3 Å². The average molecular weight is 405 g/mol. The Kier molecular flexibility index (Phi) is 4.84. The van der Waals surface area contributed by atoms with Crippen LogP contribution in [-0.2, 0) is 14.4 Å². The van der Waals surface area contributed by atoms with Crippen molar-refractivity contribution in [1.29, 1.82) is 0 Å². The monoisotopic (exact) mass is 404 g/mol. The molecule has 5 nitrogen and oxygen atoms in total. The first-order valence-corrected chi connectivity index (χ1v) is 9.62. The van der Waals surface area contributed by atoms with Crippen LogP contribution in [0, 0.1) is 5.92 Å². The van der Waals surface area contributed by atoms with Gasteiger partial charge >= 0.3 is 0 Å². The van der Waals surface area contributed by atoms with Crippen molar-refractivity contribution in [2.45, 2.75) is 31.9 Å². The van der Waals surface area contributed by atoms with Crippen LogP contribution in [0.4, 0.5) is 11.4 Å². The van der Waals surface area contributed by atoms with E-state index in [0.29, 0.717) is 15.7 Å². The van der Waals surface area contributed by atoms with Crippen molar-refractivity contribution >= 4 is 46.4 Å². The SMILES string of the molecule is CCC[C@@H]1[C@@H]2C(=O)N(c3ccc(Cl)c(Cl)c3)C(=O)[C@@H]2ON1c1ccccc1. The molecule has 27 heavy (non-hydrogen) atoms. The molecular formula is C20H18Cl2N2O3. The third-order valence-corrected chi connectivity index (χ3v) is 5.73. The van der Waals surface area contributed by atoms with E-state index in [2.05, 4.69) is 6.92 Å². The minimum Gasteiger partial charge on any atom is -0.273 e. The van der Waals surface area contributed by atoms with Gasteiger partial charge in [-0.05, 0) is 36.8 Å². The second kappa shape index (κ2) is 7.15. The Morgan fingerprint density at radius 3 is 2.37 bits per heavy atom. The lowest BCUT2D eigenvalue weighted by Gasteiger charge is -2.28. The van der Waals surface area contributed by atoms with Crippen LogP contribution in [-0.4, -0.2) is 24.0 Å². The van der Waals surface area contributed by atoms with Crippen molar-refractivity contribution in [1.82, 2.24) is 0 Å². The van der Waals surface area contributed by atoms with E-state index in [4.69, 9.17) is 28.0 Å². The number of nitrogens with zero attached hydrogens (tertiary/aromatic N) is 2. The first-order chi connectivity index (χ1) is 13.0. The average Bonchev–Trinajstić information content (AvgIpc) is 3.15. The topological polar surface area (TPSA) is 49.9 Å². The zero-order valence-corrected chi connectivity index (χ0v) is 16.2. The summed E-state index contributed by atoms with van der Waals surface area (Å²) in [5, 5.41) is 2.39. The Bertz CT molecular complexity index is 890. The van der Waals surface area contributed by atoms with E-state index < -0.39 is 12.0 Å². The molecule has 0 saturated carbocycles. The zero-order valence-electron chi connectivity index (χ0n) is 14.6. The summed E-state index contributed by atoms with van der Waals surface area (Å²) in [6.45, 7) is 2.05. The lowest BCUT2D eigenvalue weighted by atomic mass is 9.93. The third-order valence-electron chi connectivity index (χ3n) is 4.99. The van der Waals surface area contributed by atoms with Gasteiger partial charge in [-0.3, -0.25) is 14.4 Å². The quantitative estimate of drug-likeness (QED) is 0.705. The minimum absolute atomic E-state index is 0.202. The van der Waals surface area contributed by atoms with E-state index >= 15 is 0 Å². The highest BCUT2D eigenvalue weighted by Crippen LogP contribution is 2.42. The second-order valence-corrected chi connectivity index (χ2v) is 7.49. The Balaban J connectivity index is 1.68. The molecule has 140 valence electrons. The van der Waals surface area contributed by atoms with Gasteiger partial charge in [-0.2, -0.15) is 0 Å². The Hall–Kier alpha value is -2.08. The minimum atomic E-state index is -0.830. The van der Waals surface area contributed by atoms with Gasteiger partial charge in [0.1, 0.15) is 0 Å². The molecule has 2 aliphatic rings. The molecule has 0 radical (unpaired) electrons. The summed E-state index contributed by atoms with van der Waals surface area (Å²) >= 11 is 12.0. The van der Waals surface area contributed by atoms with Crippen LogP contribution >= 0.6 is 23.2 Å². The first-order valence-electron chi connectivity index (χ1n) is 8.87. The highest BCUT2D eigenvalue weighted by Gasteiger charge is 2.59. The fourth-order valence-electron chi connectivity index (χ4n) is 3.79. The van der Waals surface area contributed by atoms with Crippen LogP contribution in [0.25, 0.3) is 0 Å². The Labute approximate surface area is 167 Å². The molecule has 4 rings (SSSR count). The van der Waals surface area contributed by atoms with Crippen LogP contribution in [0.2, 0.25) is 10.0 Å². The summed E-state index contributed by atoms with van der Waals surface area (Å²) in [5.74, 6) is -1.18. The summed E-state index contributed by atoms with van der Waals surface area (Å²) in [6.07, 6.45) is 0.780. The number of benzene rings is 2. The van der Waals surface area contributed by atoms with Crippen LogP contribution in [0.3, 0.4) is 0 Å². The van der Waals surface area contributed by atoms with Crippen molar-refractivity contribution in [3.05, 3.63) is 58.6 Å². The molecule has 2 fully saturated rings. The number of carbonyl (C=O) groups excluding carboxylic acids is 2.